The van der Waals surface area contributed by atoms with Gasteiger partial charge in [0.25, 0.3) is 0 Å². The highest BCUT2D eigenvalue weighted by atomic mass is 19.2. The number of hydrogen-bond acceptors (Lipinski definition) is 1. The molecule has 792 valence electrons. The Kier molecular flexibility index (Phi) is 41.3. The molecule has 144 heavy (non-hydrogen) atoms. The first kappa shape index (κ1) is 111. The van der Waals surface area contributed by atoms with Gasteiger partial charge in [0.15, 0.2) is 58.1 Å². The van der Waals surface area contributed by atoms with Crippen LogP contribution in [0.25, 0.3) is 39.0 Å². The van der Waals surface area contributed by atoms with Crippen LogP contribution in [0.1, 0.15) is 398 Å². The molecular formula is C132H181F11O. The minimum atomic E-state index is -0.693. The quantitative estimate of drug-likeness (QED) is 0.0546. The molecular weight excluding hydrogens is 1810 g/mol. The minimum absolute atomic E-state index is 0. The number of halogens is 11. The number of rotatable bonds is 20. The molecule has 0 aromatic heterocycles. The second-order valence-electron chi connectivity index (χ2n) is 45.7. The van der Waals surface area contributed by atoms with Crippen LogP contribution >= 0.6 is 0 Å². The van der Waals surface area contributed by atoms with E-state index >= 15 is 0 Å². The van der Waals surface area contributed by atoms with Crippen molar-refractivity contribution < 1.29 is 64.4 Å². The van der Waals surface area contributed by atoms with Crippen molar-refractivity contribution in [3.8, 4) is 39.1 Å². The molecule has 19 rings (SSSR count). The Labute approximate surface area is 869 Å². The summed E-state index contributed by atoms with van der Waals surface area (Å²) in [6.07, 6.45) is 64.2. The average Bonchev–Trinajstić information content (AvgIpc) is 0.759. The van der Waals surface area contributed by atoms with E-state index in [-0.39, 0.29) is 59.0 Å². The SMILES string of the molecule is C/C=C/CCC1CCC(C2CCC(c3ccc(C)c(F)c3F)CC2)CC1.C=CCCC1CCC(C2CCC(c3ccc(C)c(F)c3F)CC2)CC1.CCC/C=C/C1CCC(C2CCC(c3ccc(C)c(F)c3F)CC2)CC1.Cc1ccc(-c2ccc(-c3ccc(C4CCC(C)CC4)cc3)cc2F)cc1.Cc1ccc(C2=CCC(C3CCC(C)CC3)CC2)c(F)c1F.Cc1ccc2c(c1F)COc1c-2ccc(C)c1F.[HH].[HH].[HH].[HH].[HH].[HH].[HH].[HH]. The number of unbranched alkanes of at least 4 members (excludes halogenated alkanes) is 1. The van der Waals surface area contributed by atoms with Crippen LogP contribution < -0.4 is 4.74 Å². The normalized spacial score (nSPS) is 25.8. The molecule has 10 aliphatic rings. The first-order valence-electron chi connectivity index (χ1n) is 56.1. The maximum atomic E-state index is 14.7. The van der Waals surface area contributed by atoms with Crippen molar-refractivity contribution in [2.75, 3.05) is 0 Å². The molecule has 1 unspecified atom stereocenters. The first-order valence-corrected chi connectivity index (χ1v) is 56.1. The zero-order valence-electron chi connectivity index (χ0n) is 88.5. The molecule has 0 radical (unpaired) electrons. The van der Waals surface area contributed by atoms with Crippen molar-refractivity contribution in [1.82, 2.24) is 0 Å². The second kappa shape index (κ2) is 53.7. The number of allylic oxidation sites excluding steroid dienone is 7. The summed E-state index contributed by atoms with van der Waals surface area (Å²) in [5, 5.41) is 0. The molecule has 9 aliphatic carbocycles. The summed E-state index contributed by atoms with van der Waals surface area (Å²) in [6.45, 7) is 24.9. The lowest BCUT2D eigenvalue weighted by molar-refractivity contribution is 0.156. The van der Waals surface area contributed by atoms with Gasteiger partial charge in [0.05, 0.1) is 0 Å². The highest BCUT2D eigenvalue weighted by molar-refractivity contribution is 5.77. The molecule has 1 aliphatic heterocycles. The topological polar surface area (TPSA) is 9.23 Å². The van der Waals surface area contributed by atoms with E-state index in [2.05, 4.69) is 88.9 Å². The van der Waals surface area contributed by atoms with E-state index in [1.807, 2.05) is 73.7 Å². The van der Waals surface area contributed by atoms with Crippen molar-refractivity contribution in [3.63, 3.8) is 0 Å². The molecule has 8 saturated carbocycles. The molecule has 12 heteroatoms. The fourth-order valence-corrected chi connectivity index (χ4v) is 26.3. The van der Waals surface area contributed by atoms with Gasteiger partial charge in [-0.3, -0.25) is 0 Å². The molecule has 0 spiro atoms. The zero-order valence-corrected chi connectivity index (χ0v) is 88.5. The Hall–Kier alpha value is -9.03. The van der Waals surface area contributed by atoms with Crippen molar-refractivity contribution >= 4 is 5.57 Å². The Balaban J connectivity index is 0.000000276. The summed E-state index contributed by atoms with van der Waals surface area (Å²) in [5.74, 6) is 6.54. The van der Waals surface area contributed by atoms with Crippen LogP contribution in [-0.2, 0) is 6.61 Å². The minimum Gasteiger partial charge on any atom is -0.485 e. The Bertz CT molecular complexity index is 5680. The number of aryl methyl sites for hydroxylation is 7. The fourth-order valence-electron chi connectivity index (χ4n) is 26.3. The maximum absolute atomic E-state index is 14.7. The Morgan fingerprint density at radius 1 is 0.333 bits per heavy atom. The zero-order chi connectivity index (χ0) is 102. The van der Waals surface area contributed by atoms with E-state index in [1.165, 1.54) is 210 Å². The molecule has 1 atom stereocenters. The van der Waals surface area contributed by atoms with Gasteiger partial charge in [-0.25, -0.2) is 48.3 Å². The lowest BCUT2D eigenvalue weighted by Crippen LogP contribution is -2.25. The lowest BCUT2D eigenvalue weighted by atomic mass is 9.68. The predicted octanol–water partition coefficient (Wildman–Crippen LogP) is 42.9. The van der Waals surface area contributed by atoms with Crippen LogP contribution in [0, 0.1) is 189 Å². The monoisotopic (exact) mass is 1990 g/mol. The third-order valence-electron chi connectivity index (χ3n) is 36.0. The van der Waals surface area contributed by atoms with E-state index in [1.54, 1.807) is 96.1 Å². The van der Waals surface area contributed by atoms with Gasteiger partial charge in [-0.05, 0) is 451 Å². The number of fused-ring (bicyclic) bond motifs is 3. The summed E-state index contributed by atoms with van der Waals surface area (Å²) in [5.41, 5.74) is 14.1. The third kappa shape index (κ3) is 28.9. The summed E-state index contributed by atoms with van der Waals surface area (Å²) in [6, 6.07) is 43.4. The predicted molar refractivity (Wildman–Crippen MR) is 594 cm³/mol. The highest BCUT2D eigenvalue weighted by Crippen LogP contribution is 2.52. The number of ether oxygens (including phenoxy) is 1. The van der Waals surface area contributed by atoms with Gasteiger partial charge >= 0.3 is 0 Å². The van der Waals surface area contributed by atoms with Crippen LogP contribution in [0.5, 0.6) is 5.75 Å². The third-order valence-corrected chi connectivity index (χ3v) is 36.0. The van der Waals surface area contributed by atoms with Crippen molar-refractivity contribution in [1.29, 1.82) is 0 Å². The van der Waals surface area contributed by atoms with Crippen LogP contribution in [0.15, 0.2) is 183 Å². The van der Waals surface area contributed by atoms with Crippen LogP contribution in [0.4, 0.5) is 48.3 Å². The number of hydrogen-bond donors (Lipinski definition) is 0. The molecule has 0 bridgehead atoms. The molecule has 0 N–H and O–H groups in total. The molecule has 9 aromatic carbocycles. The van der Waals surface area contributed by atoms with Gasteiger partial charge in [-0.15, -0.1) is 6.58 Å². The average molecular weight is 1990 g/mol. The molecule has 1 heterocycles. The van der Waals surface area contributed by atoms with E-state index < -0.39 is 46.5 Å². The molecule has 9 aromatic rings. The van der Waals surface area contributed by atoms with Gasteiger partial charge in [-0.2, -0.15) is 0 Å². The summed E-state index contributed by atoms with van der Waals surface area (Å²) < 4.78 is 160. The van der Waals surface area contributed by atoms with Crippen LogP contribution in [0.2, 0.25) is 0 Å². The van der Waals surface area contributed by atoms with Crippen molar-refractivity contribution in [3.05, 3.63) is 319 Å². The summed E-state index contributed by atoms with van der Waals surface area (Å²) >= 11 is 0. The Morgan fingerprint density at radius 2 is 0.715 bits per heavy atom. The highest BCUT2D eigenvalue weighted by Gasteiger charge is 2.38. The maximum Gasteiger partial charge on any atom is 0.168 e. The lowest BCUT2D eigenvalue weighted by Gasteiger charge is -2.38. The Morgan fingerprint density at radius 3 is 1.17 bits per heavy atom. The van der Waals surface area contributed by atoms with E-state index in [4.69, 9.17) is 4.74 Å². The van der Waals surface area contributed by atoms with Crippen molar-refractivity contribution in [2.24, 2.45) is 76.9 Å². The van der Waals surface area contributed by atoms with Gasteiger partial charge in [0.2, 0.25) is 0 Å². The number of benzene rings is 9. The van der Waals surface area contributed by atoms with Crippen molar-refractivity contribution in [2.45, 2.75) is 370 Å². The summed E-state index contributed by atoms with van der Waals surface area (Å²) in [7, 11) is 0. The molecule has 0 amide bonds. The second-order valence-corrected chi connectivity index (χ2v) is 45.7. The standard InChI is InChI=1S/C26H27F.2C24H34F2.C23H32F2.C20H26F2.C15H12F2O.8H2/c1-18-3-7-20(8-4-18)21-11-13-22(14-12-21)24-15-16-25(26(27)17-24)23-9-5-19(2)6-10-23;2*1-3-4-5-6-18-8-10-19(11-9-18)20-12-14-21(15-13-20)22-16-7-17(2)23(25)24(22)26;1-3-4-5-17-7-9-18(10-8-17)19-11-13-20(14-12-19)21-15-6-16(2)22(24)23(21)25;1-13-3-6-15(7-4-13)16-8-10-17(11-9-16)18-12-5-14(2)19(21)20(18)22;1-8-3-5-10-11-6-4-9(2)14(17)15(11)18-7-12(10)13(8)16;;;;;;;;/h5-6,9-18,20H,3-4,7-8H2,1-2H3;5-7,16,18-21H,3-4,8-15H2,1-2H3;3-4,7,16,18-21H,5-6,8-15H2,1-2H3;3,6,15,17-20H,1,4-5,7-14H2,2H3;5,10,12-13,15-16H,3-4,6-9,11H2,1-2H3;3-6H,7H2,1-2H3;8*1H/b;6-5+;4-3+;;;;;;;;;;;. The molecule has 0 saturated heterocycles. The largest absolute Gasteiger partial charge is 0.485 e. The fraction of sp³-hybridized carbons (Fsp3) is 0.530. The molecule has 8 fully saturated rings. The van der Waals surface area contributed by atoms with Gasteiger partial charge < -0.3 is 4.74 Å². The van der Waals surface area contributed by atoms with Gasteiger partial charge in [0, 0.05) is 33.7 Å². The van der Waals surface area contributed by atoms with Gasteiger partial charge in [0.1, 0.15) is 18.2 Å². The van der Waals surface area contributed by atoms with E-state index in [0.717, 1.165) is 169 Å². The van der Waals surface area contributed by atoms with E-state index in [0.29, 0.717) is 78.2 Å². The molecule has 1 nitrogen and oxygen atoms in total. The van der Waals surface area contributed by atoms with Crippen LogP contribution in [0.3, 0.4) is 0 Å². The smallest absolute Gasteiger partial charge is 0.168 e. The van der Waals surface area contributed by atoms with E-state index in [9.17, 15) is 48.3 Å². The summed E-state index contributed by atoms with van der Waals surface area (Å²) in [4.78, 5) is 0. The van der Waals surface area contributed by atoms with Crippen LogP contribution in [-0.4, -0.2) is 0 Å². The van der Waals surface area contributed by atoms with Gasteiger partial charge in [-0.1, -0.05) is 254 Å². The first-order chi connectivity index (χ1) is 69.5.